The number of hydrogen-bond acceptors (Lipinski definition) is 3. The molecular weight excluding hydrogens is 281 g/mol. The minimum absolute atomic E-state index is 0.0665. The molecule has 0 bridgehead atoms. The highest BCUT2D eigenvalue weighted by Crippen LogP contribution is 2.29. The molecule has 3 nitrogen and oxygen atoms in total. The molecule has 0 aromatic heterocycles. The summed E-state index contributed by atoms with van der Waals surface area (Å²) in [6.07, 6.45) is -5.14. The van der Waals surface area contributed by atoms with Gasteiger partial charge in [-0.1, -0.05) is 30.3 Å². The van der Waals surface area contributed by atoms with Crippen LogP contribution in [0.2, 0.25) is 0 Å². The second-order valence-corrected chi connectivity index (χ2v) is 5.45. The smallest absolute Gasteiger partial charge is 0.374 e. The van der Waals surface area contributed by atoms with Crippen molar-refractivity contribution in [1.82, 2.24) is 10.2 Å². The van der Waals surface area contributed by atoms with Gasteiger partial charge < -0.3 is 15.0 Å². The van der Waals surface area contributed by atoms with E-state index in [2.05, 4.69) is 10.2 Å². The average molecular weight is 302 g/mol. The van der Waals surface area contributed by atoms with Gasteiger partial charge in [-0.3, -0.25) is 0 Å². The summed E-state index contributed by atoms with van der Waals surface area (Å²) in [6, 6.07) is 8.01. The monoisotopic (exact) mass is 302 g/mol. The summed E-state index contributed by atoms with van der Waals surface area (Å²) in [5.74, 6) is 0. The molecular formula is C15H21F3N2O. The van der Waals surface area contributed by atoms with Crippen LogP contribution in [0.15, 0.2) is 30.3 Å². The summed E-state index contributed by atoms with van der Waals surface area (Å²) in [5, 5.41) is 3.01. The second kappa shape index (κ2) is 7.24. The Morgan fingerprint density at radius 1 is 1.33 bits per heavy atom. The van der Waals surface area contributed by atoms with Crippen molar-refractivity contribution in [2.45, 2.75) is 24.7 Å². The second-order valence-electron chi connectivity index (χ2n) is 5.45. The number of ether oxygens (including phenoxy) is 1. The Morgan fingerprint density at radius 3 is 2.67 bits per heavy atom. The van der Waals surface area contributed by atoms with Crippen LogP contribution >= 0.6 is 0 Å². The van der Waals surface area contributed by atoms with E-state index in [1.165, 1.54) is 0 Å². The Balaban J connectivity index is 1.96. The van der Waals surface area contributed by atoms with Crippen molar-refractivity contribution in [3.8, 4) is 0 Å². The number of hydrogen-bond donors (Lipinski definition) is 1. The number of benzene rings is 1. The first-order chi connectivity index (χ1) is 9.94. The van der Waals surface area contributed by atoms with E-state index in [1.54, 1.807) is 30.3 Å². The lowest BCUT2D eigenvalue weighted by atomic mass is 10.0. The number of rotatable bonds is 5. The van der Waals surface area contributed by atoms with Crippen LogP contribution in [0.3, 0.4) is 0 Å². The van der Waals surface area contributed by atoms with E-state index in [0.717, 1.165) is 13.1 Å². The molecule has 2 atom stereocenters. The Bertz CT molecular complexity index is 425. The minimum Gasteiger partial charge on any atom is -0.374 e. The van der Waals surface area contributed by atoms with Crippen LogP contribution in [-0.4, -0.2) is 50.5 Å². The first-order valence-electron chi connectivity index (χ1n) is 7.09. The summed E-state index contributed by atoms with van der Waals surface area (Å²) < 4.78 is 43.8. The topological polar surface area (TPSA) is 24.5 Å². The van der Waals surface area contributed by atoms with Crippen LogP contribution in [0, 0.1) is 0 Å². The van der Waals surface area contributed by atoms with E-state index in [1.807, 2.05) is 7.05 Å². The quantitative estimate of drug-likeness (QED) is 0.905. The third-order valence-electron chi connectivity index (χ3n) is 3.57. The fourth-order valence-corrected chi connectivity index (χ4v) is 2.49. The molecule has 1 aliphatic heterocycles. The van der Waals surface area contributed by atoms with Crippen molar-refractivity contribution in [3.63, 3.8) is 0 Å². The van der Waals surface area contributed by atoms with E-state index in [4.69, 9.17) is 4.74 Å². The van der Waals surface area contributed by atoms with Crippen molar-refractivity contribution >= 4 is 0 Å². The molecule has 0 amide bonds. The normalized spacial score (nSPS) is 22.2. The molecule has 0 spiro atoms. The lowest BCUT2D eigenvalue weighted by molar-refractivity contribution is -0.141. The standard InChI is InChI=1S/C15H21F3N2O/c1-20-7-8-21-13(11-20)10-19-14(9-15(16,17)18)12-5-3-2-4-6-12/h2-6,13-14,19H,7-11H2,1H3. The summed E-state index contributed by atoms with van der Waals surface area (Å²) in [7, 11) is 1.99. The lowest BCUT2D eigenvalue weighted by Gasteiger charge is -2.31. The van der Waals surface area contributed by atoms with E-state index in [-0.39, 0.29) is 6.10 Å². The van der Waals surface area contributed by atoms with Crippen LogP contribution < -0.4 is 5.32 Å². The van der Waals surface area contributed by atoms with E-state index in [0.29, 0.717) is 18.7 Å². The number of halogens is 3. The van der Waals surface area contributed by atoms with Gasteiger partial charge in [0.15, 0.2) is 0 Å². The number of alkyl halides is 3. The van der Waals surface area contributed by atoms with Gasteiger partial charge in [-0.25, -0.2) is 0 Å². The molecule has 118 valence electrons. The molecule has 1 aliphatic rings. The molecule has 2 unspecified atom stereocenters. The molecule has 0 radical (unpaired) electrons. The largest absolute Gasteiger partial charge is 0.390 e. The molecule has 21 heavy (non-hydrogen) atoms. The maximum absolute atomic E-state index is 12.7. The summed E-state index contributed by atoms with van der Waals surface area (Å²) >= 11 is 0. The fourth-order valence-electron chi connectivity index (χ4n) is 2.49. The summed E-state index contributed by atoms with van der Waals surface area (Å²) in [4.78, 5) is 2.12. The van der Waals surface area contributed by atoms with Gasteiger partial charge in [-0.2, -0.15) is 13.2 Å². The maximum Gasteiger partial charge on any atom is 0.390 e. The van der Waals surface area contributed by atoms with Crippen molar-refractivity contribution in [3.05, 3.63) is 35.9 Å². The Morgan fingerprint density at radius 2 is 2.05 bits per heavy atom. The summed E-state index contributed by atoms with van der Waals surface area (Å²) in [6.45, 7) is 2.64. The number of nitrogens with zero attached hydrogens (tertiary/aromatic N) is 1. The van der Waals surface area contributed by atoms with Gasteiger partial charge in [0.1, 0.15) is 0 Å². The van der Waals surface area contributed by atoms with Crippen molar-refractivity contribution in [2.24, 2.45) is 0 Å². The van der Waals surface area contributed by atoms with Crippen LogP contribution in [0.4, 0.5) is 13.2 Å². The molecule has 1 aromatic rings. The highest BCUT2D eigenvalue weighted by Gasteiger charge is 2.33. The highest BCUT2D eigenvalue weighted by molar-refractivity contribution is 5.19. The highest BCUT2D eigenvalue weighted by atomic mass is 19.4. The predicted octanol–water partition coefficient (Wildman–Crippen LogP) is 2.60. The summed E-state index contributed by atoms with van der Waals surface area (Å²) in [5.41, 5.74) is 0.652. The molecule has 1 aromatic carbocycles. The fraction of sp³-hybridized carbons (Fsp3) is 0.600. The number of nitrogens with one attached hydrogen (secondary N) is 1. The molecule has 1 heterocycles. The molecule has 6 heteroatoms. The van der Waals surface area contributed by atoms with Crippen LogP contribution in [0.25, 0.3) is 0 Å². The lowest BCUT2D eigenvalue weighted by Crippen LogP contribution is -2.45. The van der Waals surface area contributed by atoms with E-state index in [9.17, 15) is 13.2 Å². The first-order valence-corrected chi connectivity index (χ1v) is 7.09. The van der Waals surface area contributed by atoms with Gasteiger partial charge in [-0.05, 0) is 12.6 Å². The molecule has 2 rings (SSSR count). The third kappa shape index (κ3) is 5.65. The Hall–Kier alpha value is -1.11. The Labute approximate surface area is 123 Å². The van der Waals surface area contributed by atoms with Gasteiger partial charge in [0.05, 0.1) is 19.1 Å². The molecule has 1 N–H and O–H groups in total. The zero-order valence-corrected chi connectivity index (χ0v) is 12.1. The van der Waals surface area contributed by atoms with Gasteiger partial charge >= 0.3 is 6.18 Å². The Kier molecular flexibility index (Phi) is 5.61. The average Bonchev–Trinajstić information content (AvgIpc) is 2.43. The third-order valence-corrected chi connectivity index (χ3v) is 3.57. The van der Waals surface area contributed by atoms with Crippen molar-refractivity contribution < 1.29 is 17.9 Å². The van der Waals surface area contributed by atoms with Gasteiger partial charge in [0, 0.05) is 25.7 Å². The predicted molar refractivity (Wildman–Crippen MR) is 75.1 cm³/mol. The van der Waals surface area contributed by atoms with Crippen LogP contribution in [0.5, 0.6) is 0 Å². The zero-order chi connectivity index (χ0) is 15.3. The maximum atomic E-state index is 12.7. The van der Waals surface area contributed by atoms with Crippen molar-refractivity contribution in [2.75, 3.05) is 33.3 Å². The van der Waals surface area contributed by atoms with Crippen LogP contribution in [0.1, 0.15) is 18.0 Å². The molecule has 1 saturated heterocycles. The van der Waals surface area contributed by atoms with Gasteiger partial charge in [-0.15, -0.1) is 0 Å². The molecule has 0 aliphatic carbocycles. The molecule has 1 fully saturated rings. The zero-order valence-electron chi connectivity index (χ0n) is 12.1. The van der Waals surface area contributed by atoms with E-state index < -0.39 is 18.6 Å². The van der Waals surface area contributed by atoms with Crippen LogP contribution in [-0.2, 0) is 4.74 Å². The van der Waals surface area contributed by atoms with Crippen molar-refractivity contribution in [1.29, 1.82) is 0 Å². The van der Waals surface area contributed by atoms with Gasteiger partial charge in [0.2, 0.25) is 0 Å². The number of likely N-dealkylation sites (N-methyl/N-ethyl adjacent to an activating group) is 1. The first kappa shape index (κ1) is 16.3. The SMILES string of the molecule is CN1CCOC(CNC(CC(F)(F)F)c2ccccc2)C1. The minimum atomic E-state index is -4.20. The van der Waals surface area contributed by atoms with Gasteiger partial charge in [0.25, 0.3) is 0 Å². The number of morpholine rings is 1. The van der Waals surface area contributed by atoms with E-state index >= 15 is 0 Å². The molecule has 0 saturated carbocycles.